The molecule has 2 amide bonds. The number of hydrogen-bond donors (Lipinski definition) is 2. The van der Waals surface area contributed by atoms with Crippen molar-refractivity contribution in [2.45, 2.75) is 13.8 Å². The first-order valence-corrected chi connectivity index (χ1v) is 9.98. The molecule has 5 nitrogen and oxygen atoms in total. The first kappa shape index (κ1) is 18.3. The van der Waals surface area contributed by atoms with E-state index in [1.807, 2.05) is 31.4 Å². The third-order valence-corrected chi connectivity index (χ3v) is 5.44. The van der Waals surface area contributed by atoms with E-state index >= 15 is 0 Å². The zero-order valence-corrected chi connectivity index (χ0v) is 16.1. The van der Waals surface area contributed by atoms with Gasteiger partial charge in [0.25, 0.3) is 11.8 Å². The largest absolute Gasteiger partial charge is 0.352 e. The Kier molecular flexibility index (Phi) is 5.80. The number of anilines is 1. The molecule has 0 fully saturated rings. The molecule has 2 N–H and O–H groups in total. The topological polar surface area (TPSA) is 71.1 Å². The Labute approximate surface area is 160 Å². The smallest absolute Gasteiger partial charge is 0.275 e. The number of carbonyl (C=O) groups excluding carboxylic acids is 2. The maximum Gasteiger partial charge on any atom is 0.275 e. The Morgan fingerprint density at radius 2 is 1.88 bits per heavy atom. The molecule has 3 aromatic rings. The van der Waals surface area contributed by atoms with Gasteiger partial charge < -0.3 is 10.6 Å². The van der Waals surface area contributed by atoms with Crippen molar-refractivity contribution in [3.63, 3.8) is 0 Å². The van der Waals surface area contributed by atoms with Gasteiger partial charge in [0.1, 0.15) is 10.7 Å². The number of nitrogens with zero attached hydrogens (tertiary/aromatic N) is 1. The first-order chi connectivity index (χ1) is 12.5. The monoisotopic (exact) mass is 385 g/mol. The molecule has 0 aliphatic rings. The highest BCUT2D eigenvalue weighted by Gasteiger charge is 2.16. The van der Waals surface area contributed by atoms with Gasteiger partial charge in [-0.2, -0.15) is 0 Å². The van der Waals surface area contributed by atoms with Gasteiger partial charge in [-0.15, -0.1) is 22.7 Å². The van der Waals surface area contributed by atoms with E-state index in [0.717, 1.165) is 9.88 Å². The molecular formula is C19H19N3O2S2. The summed E-state index contributed by atoms with van der Waals surface area (Å²) < 4.78 is 0. The van der Waals surface area contributed by atoms with Crippen molar-refractivity contribution in [3.05, 3.63) is 58.4 Å². The summed E-state index contributed by atoms with van der Waals surface area (Å²) in [7, 11) is 0. The summed E-state index contributed by atoms with van der Waals surface area (Å²) in [5.74, 6) is -0.174. The fraction of sp³-hybridized carbons (Fsp3) is 0.211. The lowest BCUT2D eigenvalue weighted by atomic mass is 10.1. The van der Waals surface area contributed by atoms with E-state index in [4.69, 9.17) is 0 Å². The van der Waals surface area contributed by atoms with Crippen LogP contribution in [0.1, 0.15) is 34.7 Å². The van der Waals surface area contributed by atoms with Gasteiger partial charge in [0.2, 0.25) is 0 Å². The van der Waals surface area contributed by atoms with E-state index in [1.54, 1.807) is 41.0 Å². The van der Waals surface area contributed by atoms with E-state index in [2.05, 4.69) is 15.6 Å². The zero-order chi connectivity index (χ0) is 18.5. The number of amides is 2. The summed E-state index contributed by atoms with van der Waals surface area (Å²) >= 11 is 3.01. The lowest BCUT2D eigenvalue weighted by molar-refractivity contribution is 0.0950. The van der Waals surface area contributed by atoms with Gasteiger partial charge in [-0.05, 0) is 29.5 Å². The highest BCUT2D eigenvalue weighted by molar-refractivity contribution is 7.20. The second-order valence-electron chi connectivity index (χ2n) is 6.12. The molecule has 2 heterocycles. The number of rotatable bonds is 6. The molecule has 0 bridgehead atoms. The number of benzene rings is 1. The first-order valence-electron chi connectivity index (χ1n) is 8.22. The van der Waals surface area contributed by atoms with Crippen LogP contribution in [-0.4, -0.2) is 23.3 Å². The zero-order valence-electron chi connectivity index (χ0n) is 14.5. The molecule has 7 heteroatoms. The highest BCUT2D eigenvalue weighted by atomic mass is 32.1. The maximum atomic E-state index is 12.5. The third-order valence-electron chi connectivity index (χ3n) is 3.56. The summed E-state index contributed by atoms with van der Waals surface area (Å²) in [4.78, 5) is 30.3. The van der Waals surface area contributed by atoms with Gasteiger partial charge in [-0.3, -0.25) is 9.59 Å². The van der Waals surface area contributed by atoms with Gasteiger partial charge in [-0.25, -0.2) is 4.98 Å². The van der Waals surface area contributed by atoms with Crippen LogP contribution in [-0.2, 0) is 0 Å². The Hall–Kier alpha value is -2.51. The molecule has 0 saturated heterocycles. The van der Waals surface area contributed by atoms with Crippen molar-refractivity contribution in [1.82, 2.24) is 10.3 Å². The predicted molar refractivity (Wildman–Crippen MR) is 107 cm³/mol. The van der Waals surface area contributed by atoms with Gasteiger partial charge in [-0.1, -0.05) is 32.0 Å². The molecular weight excluding hydrogens is 366 g/mol. The van der Waals surface area contributed by atoms with Crippen LogP contribution in [0.4, 0.5) is 5.69 Å². The van der Waals surface area contributed by atoms with Crippen molar-refractivity contribution in [2.24, 2.45) is 5.92 Å². The highest BCUT2D eigenvalue weighted by Crippen LogP contribution is 2.28. The molecule has 0 aliphatic carbocycles. The van der Waals surface area contributed by atoms with Crippen LogP contribution < -0.4 is 10.6 Å². The number of thiazole rings is 1. The average molecular weight is 386 g/mol. The van der Waals surface area contributed by atoms with Crippen molar-refractivity contribution >= 4 is 40.2 Å². The quantitative estimate of drug-likeness (QED) is 0.656. The minimum Gasteiger partial charge on any atom is -0.352 e. The summed E-state index contributed by atoms with van der Waals surface area (Å²) in [5, 5.41) is 10.2. The number of carbonyl (C=O) groups is 2. The predicted octanol–water partition coefficient (Wildman–Crippen LogP) is 4.51. The van der Waals surface area contributed by atoms with Crippen LogP contribution in [0, 0.1) is 5.92 Å². The molecule has 1 aromatic carbocycles. The molecule has 134 valence electrons. The summed E-state index contributed by atoms with van der Waals surface area (Å²) in [6.45, 7) is 4.64. The fourth-order valence-corrected chi connectivity index (χ4v) is 3.87. The normalized spacial score (nSPS) is 10.7. The summed E-state index contributed by atoms with van der Waals surface area (Å²) in [5.41, 5.74) is 1.26. The summed E-state index contributed by atoms with van der Waals surface area (Å²) in [6.07, 6.45) is 0. The number of para-hydroxylation sites is 1. The van der Waals surface area contributed by atoms with Gasteiger partial charge in [0.15, 0.2) is 0 Å². The lowest BCUT2D eigenvalue weighted by Crippen LogP contribution is -2.28. The Morgan fingerprint density at radius 1 is 1.08 bits per heavy atom. The van der Waals surface area contributed by atoms with Gasteiger partial charge >= 0.3 is 0 Å². The minimum absolute atomic E-state index is 0.202. The SMILES string of the molecule is CC(C)CNC(=O)c1ccccc1NC(=O)c1csc(-c2cccs2)n1. The molecule has 2 aromatic heterocycles. The van der Waals surface area contributed by atoms with Crippen molar-refractivity contribution in [1.29, 1.82) is 0 Å². The van der Waals surface area contributed by atoms with Crippen molar-refractivity contribution in [3.8, 4) is 9.88 Å². The second-order valence-corrected chi connectivity index (χ2v) is 7.92. The van der Waals surface area contributed by atoms with Crippen LogP contribution >= 0.6 is 22.7 Å². The standard InChI is InChI=1S/C19H19N3O2S2/c1-12(2)10-20-17(23)13-6-3-4-7-14(13)21-18(24)15-11-26-19(22-15)16-8-5-9-25-16/h3-9,11-12H,10H2,1-2H3,(H,20,23)(H,21,24). The fourth-order valence-electron chi connectivity index (χ4n) is 2.26. The summed E-state index contributed by atoms with van der Waals surface area (Å²) in [6, 6.07) is 10.9. The van der Waals surface area contributed by atoms with E-state index in [-0.39, 0.29) is 11.8 Å². The molecule has 3 rings (SSSR count). The molecule has 0 spiro atoms. The molecule has 0 aliphatic heterocycles. The molecule has 26 heavy (non-hydrogen) atoms. The maximum absolute atomic E-state index is 12.5. The van der Waals surface area contributed by atoms with Crippen LogP contribution in [0.2, 0.25) is 0 Å². The number of nitrogens with one attached hydrogen (secondary N) is 2. The minimum atomic E-state index is -0.326. The second kappa shape index (κ2) is 8.25. The van der Waals surface area contributed by atoms with Crippen molar-refractivity contribution < 1.29 is 9.59 Å². The Morgan fingerprint density at radius 3 is 2.62 bits per heavy atom. The number of hydrogen-bond acceptors (Lipinski definition) is 5. The van der Waals surface area contributed by atoms with Crippen molar-refractivity contribution in [2.75, 3.05) is 11.9 Å². The lowest BCUT2D eigenvalue weighted by Gasteiger charge is -2.12. The van der Waals surface area contributed by atoms with E-state index in [1.165, 1.54) is 11.3 Å². The van der Waals surface area contributed by atoms with Crippen LogP contribution in [0.15, 0.2) is 47.2 Å². The van der Waals surface area contributed by atoms with E-state index < -0.39 is 0 Å². The van der Waals surface area contributed by atoms with Crippen LogP contribution in [0.3, 0.4) is 0 Å². The van der Waals surface area contributed by atoms with E-state index in [9.17, 15) is 9.59 Å². The Balaban J connectivity index is 1.75. The average Bonchev–Trinajstić information content (AvgIpc) is 3.31. The molecule has 0 atom stereocenters. The van der Waals surface area contributed by atoms with Crippen LogP contribution in [0.5, 0.6) is 0 Å². The third kappa shape index (κ3) is 4.36. The molecule has 0 radical (unpaired) electrons. The molecule has 0 unspecified atom stereocenters. The molecule has 0 saturated carbocycles. The Bertz CT molecular complexity index is 901. The van der Waals surface area contributed by atoms with Gasteiger partial charge in [0, 0.05) is 11.9 Å². The number of thiophene rings is 1. The number of aromatic nitrogens is 1. The van der Waals surface area contributed by atoms with Crippen LogP contribution in [0.25, 0.3) is 9.88 Å². The van der Waals surface area contributed by atoms with Gasteiger partial charge in [0.05, 0.1) is 16.1 Å². The van der Waals surface area contributed by atoms with E-state index in [0.29, 0.717) is 29.4 Å².